The predicted octanol–water partition coefficient (Wildman–Crippen LogP) is 2.34. The van der Waals surface area contributed by atoms with E-state index in [1.54, 1.807) is 36.8 Å². The Balaban J connectivity index is 1.59. The molecule has 0 bridgehead atoms. The van der Waals surface area contributed by atoms with Crippen LogP contribution in [0.1, 0.15) is 16.8 Å². The molecule has 0 atom stereocenters. The van der Waals surface area contributed by atoms with E-state index < -0.39 is 5.97 Å². The summed E-state index contributed by atoms with van der Waals surface area (Å²) in [5.74, 6) is 0.842. The first-order valence-electron chi connectivity index (χ1n) is 8.33. The Kier molecular flexibility index (Phi) is 5.83. The highest BCUT2D eigenvalue weighted by molar-refractivity contribution is 5.89. The molecule has 2 heterocycles. The van der Waals surface area contributed by atoms with Crippen molar-refractivity contribution in [2.75, 3.05) is 24.7 Å². The molecule has 0 aliphatic carbocycles. The minimum Gasteiger partial charge on any atom is -0.465 e. The van der Waals surface area contributed by atoms with Gasteiger partial charge in [0.1, 0.15) is 17.8 Å². The molecule has 3 N–H and O–H groups in total. The molecule has 0 radical (unpaired) electrons. The second kappa shape index (κ2) is 8.65. The topological polar surface area (TPSA) is 117 Å². The molecule has 0 unspecified atom stereocenters. The summed E-state index contributed by atoms with van der Waals surface area (Å²) in [4.78, 5) is 23.7. The van der Waals surface area contributed by atoms with Crippen LogP contribution in [0.5, 0.6) is 11.6 Å². The fraction of sp³-hybridized carbons (Fsp3) is 0.222. The standard InChI is InChI=1S/C18H20N6O3/c1-26-18(25)13-3-5-14(6-4-13)27-17-15(19)16(22-11-23-17)21-7-2-9-24-10-8-20-12-24/h3-6,8,10-12H,2,7,9,19H2,1H3,(H,21,22,23). The van der Waals surface area contributed by atoms with Crippen molar-refractivity contribution in [3.63, 3.8) is 0 Å². The van der Waals surface area contributed by atoms with Crippen LogP contribution in [-0.4, -0.2) is 39.1 Å². The van der Waals surface area contributed by atoms with Gasteiger partial charge in [-0.2, -0.15) is 4.98 Å². The number of ether oxygens (including phenoxy) is 2. The van der Waals surface area contributed by atoms with Gasteiger partial charge in [0.15, 0.2) is 5.82 Å². The van der Waals surface area contributed by atoms with E-state index in [1.807, 2.05) is 10.8 Å². The molecule has 9 heteroatoms. The number of aryl methyl sites for hydroxylation is 1. The van der Waals surface area contributed by atoms with Crippen LogP contribution in [0.15, 0.2) is 49.3 Å². The lowest BCUT2D eigenvalue weighted by molar-refractivity contribution is 0.0600. The van der Waals surface area contributed by atoms with Crippen molar-refractivity contribution in [2.24, 2.45) is 0 Å². The highest BCUT2D eigenvalue weighted by Gasteiger charge is 2.11. The molecule has 1 aromatic carbocycles. The first kappa shape index (κ1) is 18.2. The normalized spacial score (nSPS) is 10.4. The van der Waals surface area contributed by atoms with Crippen LogP contribution in [0.25, 0.3) is 0 Å². The van der Waals surface area contributed by atoms with Crippen LogP contribution in [0.4, 0.5) is 11.5 Å². The summed E-state index contributed by atoms with van der Waals surface area (Å²) in [7, 11) is 1.33. The molecule has 140 valence electrons. The zero-order chi connectivity index (χ0) is 19.1. The fourth-order valence-corrected chi connectivity index (χ4v) is 2.38. The lowest BCUT2D eigenvalue weighted by Crippen LogP contribution is -2.10. The van der Waals surface area contributed by atoms with Gasteiger partial charge in [0.2, 0.25) is 5.88 Å². The van der Waals surface area contributed by atoms with E-state index in [-0.39, 0.29) is 5.88 Å². The highest BCUT2D eigenvalue weighted by Crippen LogP contribution is 2.29. The number of esters is 1. The van der Waals surface area contributed by atoms with E-state index in [4.69, 9.17) is 10.5 Å². The highest BCUT2D eigenvalue weighted by atomic mass is 16.5. The zero-order valence-electron chi connectivity index (χ0n) is 14.8. The molecule has 0 saturated carbocycles. The molecular formula is C18H20N6O3. The van der Waals surface area contributed by atoms with Crippen LogP contribution >= 0.6 is 0 Å². The summed E-state index contributed by atoms with van der Waals surface area (Å²) in [5, 5.41) is 3.18. The first-order valence-corrected chi connectivity index (χ1v) is 8.33. The van der Waals surface area contributed by atoms with Gasteiger partial charge in [0, 0.05) is 25.5 Å². The fourth-order valence-electron chi connectivity index (χ4n) is 2.38. The zero-order valence-corrected chi connectivity index (χ0v) is 14.8. The van der Waals surface area contributed by atoms with Crippen molar-refractivity contribution in [1.82, 2.24) is 19.5 Å². The van der Waals surface area contributed by atoms with E-state index in [0.29, 0.717) is 29.4 Å². The minimum absolute atomic E-state index is 0.243. The number of carbonyl (C=O) groups excluding carboxylic acids is 1. The maximum absolute atomic E-state index is 11.5. The number of hydrogen-bond acceptors (Lipinski definition) is 8. The number of imidazole rings is 1. The number of nitrogen functional groups attached to an aromatic ring is 1. The van der Waals surface area contributed by atoms with Gasteiger partial charge in [-0.05, 0) is 30.7 Å². The van der Waals surface area contributed by atoms with Crippen LogP contribution < -0.4 is 15.8 Å². The minimum atomic E-state index is -0.412. The third-order valence-corrected chi connectivity index (χ3v) is 3.78. The van der Waals surface area contributed by atoms with Crippen LogP contribution in [0.3, 0.4) is 0 Å². The Morgan fingerprint density at radius 3 is 2.78 bits per heavy atom. The molecule has 0 spiro atoms. The number of nitrogens with two attached hydrogens (primary N) is 1. The molecule has 9 nitrogen and oxygen atoms in total. The number of benzene rings is 1. The Morgan fingerprint density at radius 2 is 2.07 bits per heavy atom. The van der Waals surface area contributed by atoms with Gasteiger partial charge in [-0.25, -0.2) is 14.8 Å². The van der Waals surface area contributed by atoms with Gasteiger partial charge in [0.05, 0.1) is 19.0 Å². The summed E-state index contributed by atoms with van der Waals surface area (Å²) < 4.78 is 12.4. The van der Waals surface area contributed by atoms with Crippen molar-refractivity contribution in [3.05, 3.63) is 54.9 Å². The van der Waals surface area contributed by atoms with E-state index in [1.165, 1.54) is 13.4 Å². The summed E-state index contributed by atoms with van der Waals surface area (Å²) in [5.41, 5.74) is 6.85. The van der Waals surface area contributed by atoms with Gasteiger partial charge in [-0.1, -0.05) is 0 Å². The van der Waals surface area contributed by atoms with Crippen LogP contribution in [-0.2, 0) is 11.3 Å². The van der Waals surface area contributed by atoms with Crippen molar-refractivity contribution in [3.8, 4) is 11.6 Å². The SMILES string of the molecule is COC(=O)c1ccc(Oc2ncnc(NCCCn3ccnc3)c2N)cc1. The Morgan fingerprint density at radius 1 is 1.26 bits per heavy atom. The molecule has 0 fully saturated rings. The van der Waals surface area contributed by atoms with Crippen LogP contribution in [0, 0.1) is 0 Å². The van der Waals surface area contributed by atoms with Gasteiger partial charge in [0.25, 0.3) is 0 Å². The number of anilines is 2. The number of nitrogens with one attached hydrogen (secondary N) is 1. The molecule has 3 aromatic rings. The largest absolute Gasteiger partial charge is 0.465 e. The number of carbonyl (C=O) groups is 1. The van der Waals surface area contributed by atoms with E-state index in [2.05, 4.69) is 25.0 Å². The molecular weight excluding hydrogens is 348 g/mol. The van der Waals surface area contributed by atoms with Crippen LogP contribution in [0.2, 0.25) is 0 Å². The first-order chi connectivity index (χ1) is 13.2. The monoisotopic (exact) mass is 368 g/mol. The number of rotatable bonds is 8. The van der Waals surface area contributed by atoms with E-state index in [9.17, 15) is 4.79 Å². The Labute approximate surface area is 156 Å². The van der Waals surface area contributed by atoms with Crippen molar-refractivity contribution in [2.45, 2.75) is 13.0 Å². The molecule has 0 amide bonds. The third kappa shape index (κ3) is 4.72. The molecule has 3 rings (SSSR count). The summed E-state index contributed by atoms with van der Waals surface area (Å²) in [6.45, 7) is 1.53. The maximum atomic E-state index is 11.5. The lowest BCUT2D eigenvalue weighted by atomic mass is 10.2. The lowest BCUT2D eigenvalue weighted by Gasteiger charge is -2.12. The average molecular weight is 368 g/mol. The predicted molar refractivity (Wildman–Crippen MR) is 99.6 cm³/mol. The Bertz CT molecular complexity index is 881. The molecule has 0 aliphatic heterocycles. The molecule has 27 heavy (non-hydrogen) atoms. The molecule has 2 aromatic heterocycles. The summed E-state index contributed by atoms with van der Waals surface area (Å²) in [6, 6.07) is 6.50. The molecule has 0 saturated heterocycles. The van der Waals surface area contributed by atoms with E-state index >= 15 is 0 Å². The number of methoxy groups -OCH3 is 1. The third-order valence-electron chi connectivity index (χ3n) is 3.78. The second-order valence-corrected chi connectivity index (χ2v) is 5.64. The second-order valence-electron chi connectivity index (χ2n) is 5.64. The quantitative estimate of drug-likeness (QED) is 0.459. The Hall–Kier alpha value is -3.62. The number of aromatic nitrogens is 4. The van der Waals surface area contributed by atoms with Gasteiger partial charge in [-0.3, -0.25) is 0 Å². The summed E-state index contributed by atoms with van der Waals surface area (Å²) in [6.07, 6.45) is 7.70. The number of nitrogens with zero attached hydrogens (tertiary/aromatic N) is 4. The molecule has 0 aliphatic rings. The van der Waals surface area contributed by atoms with Crippen molar-refractivity contribution >= 4 is 17.5 Å². The average Bonchev–Trinajstić information content (AvgIpc) is 3.21. The number of hydrogen-bond donors (Lipinski definition) is 2. The van der Waals surface area contributed by atoms with Gasteiger partial charge in [-0.15, -0.1) is 0 Å². The van der Waals surface area contributed by atoms with Gasteiger partial charge < -0.3 is 25.1 Å². The van der Waals surface area contributed by atoms with E-state index in [0.717, 1.165) is 13.0 Å². The maximum Gasteiger partial charge on any atom is 0.337 e. The van der Waals surface area contributed by atoms with Crippen molar-refractivity contribution < 1.29 is 14.3 Å². The van der Waals surface area contributed by atoms with Gasteiger partial charge >= 0.3 is 5.97 Å². The van der Waals surface area contributed by atoms with Crippen molar-refractivity contribution in [1.29, 1.82) is 0 Å². The summed E-state index contributed by atoms with van der Waals surface area (Å²) >= 11 is 0. The smallest absolute Gasteiger partial charge is 0.337 e.